The van der Waals surface area contributed by atoms with Crippen LogP contribution >= 0.6 is 27.5 Å². The van der Waals surface area contributed by atoms with Gasteiger partial charge in [0.2, 0.25) is 0 Å². The van der Waals surface area contributed by atoms with Crippen LogP contribution in [0.15, 0.2) is 46.4 Å². The lowest BCUT2D eigenvalue weighted by atomic mass is 9.58. The van der Waals surface area contributed by atoms with Gasteiger partial charge in [-0.25, -0.2) is 0 Å². The molecule has 0 radical (unpaired) electrons. The number of nitrogens with one attached hydrogen (secondary N) is 1. The minimum absolute atomic E-state index is 0.0515. The maximum Gasteiger partial charge on any atom is 0.130 e. The van der Waals surface area contributed by atoms with Crippen molar-refractivity contribution in [2.24, 2.45) is 5.92 Å². The van der Waals surface area contributed by atoms with Gasteiger partial charge >= 0.3 is 0 Å². The highest BCUT2D eigenvalue weighted by molar-refractivity contribution is 9.10. The van der Waals surface area contributed by atoms with Crippen LogP contribution in [0, 0.1) is 5.92 Å². The first-order valence-corrected chi connectivity index (χ1v) is 10.7. The van der Waals surface area contributed by atoms with Crippen molar-refractivity contribution in [1.82, 2.24) is 0 Å². The van der Waals surface area contributed by atoms with Gasteiger partial charge in [-0.1, -0.05) is 41.4 Å². The van der Waals surface area contributed by atoms with Crippen LogP contribution in [0.1, 0.15) is 44.7 Å². The molecule has 27 heavy (non-hydrogen) atoms. The first-order chi connectivity index (χ1) is 12.8. The third kappa shape index (κ3) is 2.58. The zero-order valence-electron chi connectivity index (χ0n) is 15.8. The predicted octanol–water partition coefficient (Wildman–Crippen LogP) is 6.82. The fourth-order valence-corrected chi connectivity index (χ4v) is 5.82. The number of halogens is 2. The Morgan fingerprint density at radius 3 is 2.78 bits per heavy atom. The lowest BCUT2D eigenvalue weighted by Crippen LogP contribution is -2.57. The van der Waals surface area contributed by atoms with Crippen LogP contribution in [0.5, 0.6) is 5.75 Å². The Morgan fingerprint density at radius 1 is 1.15 bits per heavy atom. The molecule has 140 valence electrons. The molecule has 1 saturated carbocycles. The van der Waals surface area contributed by atoms with Gasteiger partial charge in [0.25, 0.3) is 0 Å². The fourth-order valence-electron chi connectivity index (χ4n) is 5.27. The Balaban J connectivity index is 1.66. The maximum absolute atomic E-state index is 6.55. The van der Waals surface area contributed by atoms with Gasteiger partial charge < -0.3 is 10.1 Å². The zero-order chi connectivity index (χ0) is 19.0. The molecule has 1 aliphatic carbocycles. The number of rotatable bonds is 0. The SMILES string of the molecule is CC12CC[C@@H]3[C@H](Nc4ccc(Cl)cc4C3(C)C)C1=Cc1cc(Br)ccc1O2. The summed E-state index contributed by atoms with van der Waals surface area (Å²) in [5.41, 5.74) is 4.82. The van der Waals surface area contributed by atoms with Crippen molar-refractivity contribution in [3.8, 4) is 5.75 Å². The molecule has 4 heteroatoms. The van der Waals surface area contributed by atoms with E-state index in [1.165, 1.54) is 16.8 Å². The average molecular weight is 445 g/mol. The van der Waals surface area contributed by atoms with Gasteiger partial charge in [0.1, 0.15) is 11.4 Å². The second-order valence-corrected chi connectivity index (χ2v) is 10.1. The molecular formula is C23H23BrClNO. The highest BCUT2D eigenvalue weighted by Gasteiger charge is 2.52. The van der Waals surface area contributed by atoms with Crippen LogP contribution in [0.25, 0.3) is 6.08 Å². The number of benzene rings is 2. The van der Waals surface area contributed by atoms with Crippen molar-refractivity contribution in [3.05, 3.63) is 62.6 Å². The molecule has 3 atom stereocenters. The molecule has 0 amide bonds. The van der Waals surface area contributed by atoms with Crippen molar-refractivity contribution in [3.63, 3.8) is 0 Å². The van der Waals surface area contributed by atoms with E-state index in [0.717, 1.165) is 33.6 Å². The van der Waals surface area contributed by atoms with Crippen LogP contribution in [-0.4, -0.2) is 11.6 Å². The van der Waals surface area contributed by atoms with Crippen LogP contribution < -0.4 is 10.1 Å². The number of ether oxygens (including phenoxy) is 1. The summed E-state index contributed by atoms with van der Waals surface area (Å²) in [6, 6.07) is 12.8. The number of hydrogen-bond acceptors (Lipinski definition) is 2. The van der Waals surface area contributed by atoms with Crippen LogP contribution in [0.3, 0.4) is 0 Å². The third-order valence-electron chi connectivity index (χ3n) is 6.81. The largest absolute Gasteiger partial charge is 0.482 e. The van der Waals surface area contributed by atoms with Gasteiger partial charge in [-0.15, -0.1) is 0 Å². The number of hydrogen-bond donors (Lipinski definition) is 1. The summed E-state index contributed by atoms with van der Waals surface area (Å²) in [6.45, 7) is 6.96. The molecule has 0 aromatic heterocycles. The van der Waals surface area contributed by atoms with Gasteiger partial charge in [-0.3, -0.25) is 0 Å². The second kappa shape index (κ2) is 5.78. The summed E-state index contributed by atoms with van der Waals surface area (Å²) < 4.78 is 7.63. The van der Waals surface area contributed by atoms with E-state index in [2.05, 4.69) is 78.4 Å². The first-order valence-electron chi connectivity index (χ1n) is 9.55. The molecule has 1 unspecified atom stereocenters. The van der Waals surface area contributed by atoms with Gasteiger partial charge in [0.05, 0.1) is 6.04 Å². The van der Waals surface area contributed by atoms with Gasteiger partial charge in [-0.2, -0.15) is 0 Å². The minimum atomic E-state index is -0.255. The van der Waals surface area contributed by atoms with E-state index in [4.69, 9.17) is 16.3 Å². The van der Waals surface area contributed by atoms with Gasteiger partial charge in [0.15, 0.2) is 0 Å². The zero-order valence-corrected chi connectivity index (χ0v) is 18.1. The van der Waals surface area contributed by atoms with E-state index in [1.54, 1.807) is 0 Å². The molecule has 5 rings (SSSR count). The molecule has 1 N–H and O–H groups in total. The molecule has 2 aliphatic heterocycles. The lowest BCUT2D eigenvalue weighted by Gasteiger charge is -2.54. The normalized spacial score (nSPS) is 29.9. The standard InChI is InChI=1S/C23H23BrClNO/c1-22(2)16-8-9-23(3)18(11-13-10-14(24)4-7-20(13)27-23)21(16)26-19-6-5-15(25)12-17(19)22/h4-7,10-12,16,21,26H,8-9H2,1-3H3/t16-,21+,23?/m1/s1. The van der Waals surface area contributed by atoms with E-state index in [1.807, 2.05) is 6.07 Å². The quantitative estimate of drug-likeness (QED) is 0.481. The molecule has 2 aromatic carbocycles. The molecule has 0 spiro atoms. The van der Waals surface area contributed by atoms with E-state index in [0.29, 0.717) is 5.92 Å². The van der Waals surface area contributed by atoms with Crippen molar-refractivity contribution < 1.29 is 4.74 Å². The van der Waals surface area contributed by atoms with Gasteiger partial charge in [-0.05, 0) is 84.7 Å². The predicted molar refractivity (Wildman–Crippen MR) is 116 cm³/mol. The molecule has 3 aliphatic rings. The van der Waals surface area contributed by atoms with Crippen LogP contribution in [0.2, 0.25) is 5.02 Å². The van der Waals surface area contributed by atoms with Crippen LogP contribution in [-0.2, 0) is 5.41 Å². The molecule has 2 nitrogen and oxygen atoms in total. The van der Waals surface area contributed by atoms with Gasteiger partial charge in [0, 0.05) is 20.7 Å². The Kier molecular flexibility index (Phi) is 3.77. The number of anilines is 1. The number of fused-ring (bicyclic) bond motifs is 5. The second-order valence-electron chi connectivity index (χ2n) is 8.79. The van der Waals surface area contributed by atoms with Crippen molar-refractivity contribution in [2.75, 3.05) is 5.32 Å². The Labute approximate surface area is 174 Å². The average Bonchev–Trinajstić information content (AvgIpc) is 2.61. The Bertz CT molecular complexity index is 982. The Hall–Kier alpha value is -1.45. The third-order valence-corrected chi connectivity index (χ3v) is 7.54. The maximum atomic E-state index is 6.55. The summed E-state index contributed by atoms with van der Waals surface area (Å²) in [5.74, 6) is 1.48. The van der Waals surface area contributed by atoms with E-state index >= 15 is 0 Å². The highest BCUT2D eigenvalue weighted by atomic mass is 79.9. The molecular weight excluding hydrogens is 422 g/mol. The Morgan fingerprint density at radius 2 is 1.96 bits per heavy atom. The van der Waals surface area contributed by atoms with E-state index in [-0.39, 0.29) is 17.1 Å². The van der Waals surface area contributed by atoms with E-state index < -0.39 is 0 Å². The minimum Gasteiger partial charge on any atom is -0.482 e. The van der Waals surface area contributed by atoms with Crippen molar-refractivity contribution in [1.29, 1.82) is 0 Å². The van der Waals surface area contributed by atoms with Crippen molar-refractivity contribution in [2.45, 2.75) is 50.7 Å². The summed E-state index contributed by atoms with van der Waals surface area (Å²) >= 11 is 9.91. The monoisotopic (exact) mass is 443 g/mol. The lowest BCUT2D eigenvalue weighted by molar-refractivity contribution is 0.0603. The molecule has 2 heterocycles. The molecule has 0 saturated heterocycles. The molecule has 0 bridgehead atoms. The summed E-state index contributed by atoms with van der Waals surface area (Å²) in [4.78, 5) is 0. The summed E-state index contributed by atoms with van der Waals surface area (Å²) in [7, 11) is 0. The smallest absolute Gasteiger partial charge is 0.130 e. The summed E-state index contributed by atoms with van der Waals surface area (Å²) in [5, 5.41) is 4.64. The molecule has 1 fully saturated rings. The van der Waals surface area contributed by atoms with Crippen molar-refractivity contribution >= 4 is 39.3 Å². The topological polar surface area (TPSA) is 21.3 Å². The molecule has 2 aromatic rings. The fraction of sp³-hybridized carbons (Fsp3) is 0.391. The highest BCUT2D eigenvalue weighted by Crippen LogP contribution is 2.54. The van der Waals surface area contributed by atoms with E-state index in [9.17, 15) is 0 Å². The first kappa shape index (κ1) is 17.6. The van der Waals surface area contributed by atoms with Crippen LogP contribution in [0.4, 0.5) is 5.69 Å². The summed E-state index contributed by atoms with van der Waals surface area (Å²) in [6.07, 6.45) is 4.50.